The normalized spacial score (nSPS) is 8.57. The Hall–Kier alpha value is -0.700. The molecule has 0 unspecified atom stereocenters. The molecule has 0 aliphatic heterocycles. The topological polar surface area (TPSA) is 17.8 Å². The molecule has 0 amide bonds. The summed E-state index contributed by atoms with van der Waals surface area (Å²) >= 11 is 4.57. The molecule has 0 fully saturated rings. The molecule has 1 aromatic rings. The molecule has 36 valence electrons. The Morgan fingerprint density at radius 3 is 2.86 bits per heavy atom. The Bertz CT molecular complexity index is 145. The lowest BCUT2D eigenvalue weighted by atomic mass is 10.9. The third-order valence-electron chi connectivity index (χ3n) is 0.647. The maximum Gasteiger partial charge on any atom is 0.0993 e. The number of aromatic nitrogens is 2. The Morgan fingerprint density at radius 1 is 1.71 bits per heavy atom. The summed E-state index contributed by atoms with van der Waals surface area (Å²) in [6, 6.07) is 0. The average Bonchev–Trinajstić information content (AvgIpc) is 2.14. The molecule has 3 heteroatoms. The summed E-state index contributed by atoms with van der Waals surface area (Å²) in [5.74, 6) is 0. The van der Waals surface area contributed by atoms with E-state index in [1.54, 1.807) is 23.3 Å². The van der Waals surface area contributed by atoms with Crippen molar-refractivity contribution in [3.05, 3.63) is 18.7 Å². The zero-order chi connectivity index (χ0) is 5.11. The van der Waals surface area contributed by atoms with Gasteiger partial charge >= 0.3 is 0 Å². The molecule has 1 aromatic heterocycles. The highest BCUT2D eigenvalue weighted by Gasteiger charge is 1.74. The fourth-order valence-corrected chi connectivity index (χ4v) is 0.456. The van der Waals surface area contributed by atoms with E-state index < -0.39 is 0 Å². The van der Waals surface area contributed by atoms with Gasteiger partial charge in [0.05, 0.1) is 11.8 Å². The van der Waals surface area contributed by atoms with Gasteiger partial charge in [0.1, 0.15) is 0 Å². The molecule has 7 heavy (non-hydrogen) atoms. The number of thiocarbonyl (C=S) groups is 1. The smallest absolute Gasteiger partial charge is 0.0993 e. The molecule has 0 aromatic carbocycles. The van der Waals surface area contributed by atoms with Crippen LogP contribution in [0.15, 0.2) is 18.7 Å². The van der Waals surface area contributed by atoms with Gasteiger partial charge in [-0.3, -0.25) is 0 Å². The van der Waals surface area contributed by atoms with Crippen molar-refractivity contribution in [1.29, 1.82) is 0 Å². The van der Waals surface area contributed by atoms with E-state index in [-0.39, 0.29) is 0 Å². The predicted octanol–water partition coefficient (Wildman–Crippen LogP) is 0.688. The van der Waals surface area contributed by atoms with E-state index in [4.69, 9.17) is 0 Å². The third-order valence-corrected chi connectivity index (χ3v) is 0.890. The lowest BCUT2D eigenvalue weighted by molar-refractivity contribution is 1.18. The van der Waals surface area contributed by atoms with Crippen LogP contribution >= 0.6 is 12.2 Å². The minimum atomic E-state index is 1.52. The van der Waals surface area contributed by atoms with Gasteiger partial charge < -0.3 is 4.57 Å². The van der Waals surface area contributed by atoms with E-state index in [1.807, 2.05) is 0 Å². The van der Waals surface area contributed by atoms with Gasteiger partial charge in [0.15, 0.2) is 0 Å². The standard InChI is InChI=1S/C4H4N2S/c7-4-6-2-1-5-3-6/h1-4H. The van der Waals surface area contributed by atoms with Crippen molar-refractivity contribution in [2.24, 2.45) is 0 Å². The average molecular weight is 112 g/mol. The molecule has 0 radical (unpaired) electrons. The SMILES string of the molecule is S=Cn1ccnc1. The highest BCUT2D eigenvalue weighted by atomic mass is 32.1. The van der Waals surface area contributed by atoms with E-state index in [2.05, 4.69) is 17.2 Å². The van der Waals surface area contributed by atoms with Gasteiger partial charge in [-0.05, 0) is 0 Å². The highest BCUT2D eigenvalue weighted by Crippen LogP contribution is 1.76. The predicted molar refractivity (Wildman–Crippen MR) is 31.3 cm³/mol. The number of rotatable bonds is 1. The number of imidazole rings is 1. The molecule has 1 rings (SSSR count). The first kappa shape index (κ1) is 4.46. The first-order valence-electron chi connectivity index (χ1n) is 1.86. The summed E-state index contributed by atoms with van der Waals surface area (Å²) in [5.41, 5.74) is 1.52. The third kappa shape index (κ3) is 0.838. The maximum atomic E-state index is 4.57. The monoisotopic (exact) mass is 112 g/mol. The Balaban J connectivity index is 2.96. The second-order valence-electron chi connectivity index (χ2n) is 1.12. The summed E-state index contributed by atoms with van der Waals surface area (Å²) in [4.78, 5) is 3.76. The Morgan fingerprint density at radius 2 is 2.57 bits per heavy atom. The van der Waals surface area contributed by atoms with Crippen molar-refractivity contribution < 1.29 is 0 Å². The molecule has 0 saturated carbocycles. The van der Waals surface area contributed by atoms with Gasteiger partial charge in [-0.25, -0.2) is 4.98 Å². The minimum absolute atomic E-state index is 1.52. The van der Waals surface area contributed by atoms with Crippen molar-refractivity contribution in [3.63, 3.8) is 0 Å². The van der Waals surface area contributed by atoms with Gasteiger partial charge in [-0.15, -0.1) is 0 Å². The van der Waals surface area contributed by atoms with E-state index in [0.717, 1.165) is 0 Å². The Kier molecular flexibility index (Phi) is 1.17. The second-order valence-corrected chi connectivity index (χ2v) is 1.33. The molecule has 0 saturated heterocycles. The van der Waals surface area contributed by atoms with Crippen LogP contribution in [0.3, 0.4) is 0 Å². The summed E-state index contributed by atoms with van der Waals surface area (Å²) < 4.78 is 1.70. The lowest BCUT2D eigenvalue weighted by Crippen LogP contribution is -1.83. The van der Waals surface area contributed by atoms with Crippen LogP contribution in [0, 0.1) is 0 Å². The molecule has 0 aliphatic rings. The molecular formula is C4H4N2S. The van der Waals surface area contributed by atoms with Crippen LogP contribution in [0.1, 0.15) is 0 Å². The van der Waals surface area contributed by atoms with Crippen LogP contribution in [0.4, 0.5) is 0 Å². The van der Waals surface area contributed by atoms with Crippen LogP contribution in [0.2, 0.25) is 0 Å². The molecule has 0 atom stereocenters. The second kappa shape index (κ2) is 1.84. The molecule has 0 bridgehead atoms. The molecular weight excluding hydrogens is 108 g/mol. The molecule has 2 nitrogen and oxygen atoms in total. The number of hydrogen-bond donors (Lipinski definition) is 0. The zero-order valence-electron chi connectivity index (χ0n) is 3.61. The molecule has 1 heterocycles. The van der Waals surface area contributed by atoms with Crippen molar-refractivity contribution in [1.82, 2.24) is 9.55 Å². The summed E-state index contributed by atoms with van der Waals surface area (Å²) in [6.45, 7) is 0. The van der Waals surface area contributed by atoms with Crippen molar-refractivity contribution in [2.45, 2.75) is 0 Å². The van der Waals surface area contributed by atoms with Gasteiger partial charge in [0.2, 0.25) is 0 Å². The minimum Gasteiger partial charge on any atom is -0.303 e. The summed E-state index contributed by atoms with van der Waals surface area (Å²) in [7, 11) is 0. The van der Waals surface area contributed by atoms with E-state index >= 15 is 0 Å². The maximum absolute atomic E-state index is 4.57. The van der Waals surface area contributed by atoms with E-state index in [0.29, 0.717) is 0 Å². The molecule has 0 spiro atoms. The van der Waals surface area contributed by atoms with Gasteiger partial charge in [0, 0.05) is 12.4 Å². The van der Waals surface area contributed by atoms with Crippen LogP contribution < -0.4 is 0 Å². The van der Waals surface area contributed by atoms with Crippen molar-refractivity contribution >= 4 is 17.7 Å². The highest BCUT2D eigenvalue weighted by molar-refractivity contribution is 7.78. The van der Waals surface area contributed by atoms with Crippen LogP contribution in [0.5, 0.6) is 0 Å². The van der Waals surface area contributed by atoms with E-state index in [1.165, 1.54) is 5.49 Å². The fraction of sp³-hybridized carbons (Fsp3) is 0. The van der Waals surface area contributed by atoms with Crippen LogP contribution in [-0.4, -0.2) is 15.0 Å². The largest absolute Gasteiger partial charge is 0.303 e. The zero-order valence-corrected chi connectivity index (χ0v) is 4.43. The van der Waals surface area contributed by atoms with Crippen molar-refractivity contribution in [3.8, 4) is 0 Å². The first-order valence-corrected chi connectivity index (χ1v) is 2.33. The lowest BCUT2D eigenvalue weighted by Gasteiger charge is -1.78. The first-order chi connectivity index (χ1) is 3.43. The molecule has 0 aliphatic carbocycles. The van der Waals surface area contributed by atoms with Crippen LogP contribution in [-0.2, 0) is 0 Å². The van der Waals surface area contributed by atoms with Crippen LogP contribution in [0.25, 0.3) is 0 Å². The number of hydrogen-bond acceptors (Lipinski definition) is 2. The number of nitrogens with zero attached hydrogens (tertiary/aromatic N) is 2. The van der Waals surface area contributed by atoms with Gasteiger partial charge in [0.25, 0.3) is 0 Å². The van der Waals surface area contributed by atoms with Crippen molar-refractivity contribution in [2.75, 3.05) is 0 Å². The quantitative estimate of drug-likeness (QED) is 0.497. The fourth-order valence-electron chi connectivity index (χ4n) is 0.332. The van der Waals surface area contributed by atoms with E-state index in [9.17, 15) is 0 Å². The summed E-state index contributed by atoms with van der Waals surface area (Å²) in [6.07, 6.45) is 5.11. The van der Waals surface area contributed by atoms with Gasteiger partial charge in [-0.2, -0.15) is 0 Å². The van der Waals surface area contributed by atoms with Gasteiger partial charge in [-0.1, -0.05) is 12.2 Å². The molecule has 0 N–H and O–H groups in total. The Labute approximate surface area is 46.8 Å². The summed E-state index contributed by atoms with van der Waals surface area (Å²) in [5, 5.41) is 0.